The molecule has 2 amide bonds. The van der Waals surface area contributed by atoms with Gasteiger partial charge in [-0.1, -0.05) is 0 Å². The number of hydrogen-bond acceptors (Lipinski definition) is 3. The Bertz CT molecular complexity index is 434. The molecule has 0 spiro atoms. The molecule has 1 aromatic heterocycles. The zero-order chi connectivity index (χ0) is 12.4. The minimum Gasteiger partial charge on any atom is -0.354 e. The monoisotopic (exact) mass is 252 g/mol. The molecule has 17 heavy (non-hydrogen) atoms. The van der Waals surface area contributed by atoms with Gasteiger partial charge in [-0.25, -0.2) is 0 Å². The highest BCUT2D eigenvalue weighted by molar-refractivity contribution is 7.14. The highest BCUT2D eigenvalue weighted by atomic mass is 32.1. The molecule has 0 aromatic carbocycles. The summed E-state index contributed by atoms with van der Waals surface area (Å²) in [7, 11) is 0. The molecule has 1 N–H and O–H groups in total. The van der Waals surface area contributed by atoms with Gasteiger partial charge in [-0.2, -0.15) is 0 Å². The first kappa shape index (κ1) is 12.1. The Balaban J connectivity index is 2.11. The molecule has 0 unspecified atom stereocenters. The maximum absolute atomic E-state index is 12.2. The largest absolute Gasteiger partial charge is 0.354 e. The van der Waals surface area contributed by atoms with Crippen LogP contribution in [-0.2, 0) is 4.79 Å². The second-order valence-corrected chi connectivity index (χ2v) is 5.50. The Hall–Kier alpha value is -1.36. The maximum atomic E-state index is 12.2. The van der Waals surface area contributed by atoms with Gasteiger partial charge in [0.2, 0.25) is 5.91 Å². The van der Waals surface area contributed by atoms with E-state index in [0.29, 0.717) is 26.1 Å². The van der Waals surface area contributed by atoms with Crippen molar-refractivity contribution in [3.8, 4) is 0 Å². The molecule has 4 nitrogen and oxygen atoms in total. The Morgan fingerprint density at radius 2 is 2.18 bits per heavy atom. The second-order valence-electron chi connectivity index (χ2n) is 4.24. The number of aryl methyl sites for hydroxylation is 2. The van der Waals surface area contributed by atoms with Gasteiger partial charge in [0.15, 0.2) is 0 Å². The van der Waals surface area contributed by atoms with E-state index in [1.54, 1.807) is 4.90 Å². The SMILES string of the molecule is Cc1cc(C(=O)N2CCNC(=O)CC2)sc1C. The van der Waals surface area contributed by atoms with Crippen molar-refractivity contribution in [2.75, 3.05) is 19.6 Å². The lowest BCUT2D eigenvalue weighted by Gasteiger charge is -2.18. The lowest BCUT2D eigenvalue weighted by atomic mass is 10.2. The van der Waals surface area contributed by atoms with Gasteiger partial charge in [0, 0.05) is 30.9 Å². The normalized spacial score (nSPS) is 16.6. The van der Waals surface area contributed by atoms with Crippen LogP contribution < -0.4 is 5.32 Å². The van der Waals surface area contributed by atoms with Crippen LogP contribution in [0.5, 0.6) is 0 Å². The van der Waals surface area contributed by atoms with E-state index < -0.39 is 0 Å². The minimum atomic E-state index is 0.0267. The van der Waals surface area contributed by atoms with Crippen LogP contribution >= 0.6 is 11.3 Å². The molecule has 0 atom stereocenters. The summed E-state index contributed by atoms with van der Waals surface area (Å²) in [5.74, 6) is 0.0709. The van der Waals surface area contributed by atoms with Gasteiger partial charge in [0.1, 0.15) is 0 Å². The number of hydrogen-bond donors (Lipinski definition) is 1. The van der Waals surface area contributed by atoms with Crippen molar-refractivity contribution in [3.63, 3.8) is 0 Å². The van der Waals surface area contributed by atoms with E-state index in [-0.39, 0.29) is 11.8 Å². The van der Waals surface area contributed by atoms with Crippen LogP contribution in [0, 0.1) is 13.8 Å². The Kier molecular flexibility index (Phi) is 3.47. The maximum Gasteiger partial charge on any atom is 0.264 e. The lowest BCUT2D eigenvalue weighted by molar-refractivity contribution is -0.120. The van der Waals surface area contributed by atoms with Gasteiger partial charge >= 0.3 is 0 Å². The third-order valence-corrected chi connectivity index (χ3v) is 4.12. The summed E-state index contributed by atoms with van der Waals surface area (Å²) in [5, 5.41) is 2.77. The van der Waals surface area contributed by atoms with Crippen molar-refractivity contribution in [2.45, 2.75) is 20.3 Å². The molecule has 5 heteroatoms. The molecular weight excluding hydrogens is 236 g/mol. The van der Waals surface area contributed by atoms with Crippen molar-refractivity contribution in [3.05, 3.63) is 21.4 Å². The van der Waals surface area contributed by atoms with Crippen LogP contribution in [0.15, 0.2) is 6.07 Å². The standard InChI is InChI=1S/C12H16N2O2S/c1-8-7-10(17-9(8)2)12(16)14-5-3-11(15)13-4-6-14/h7H,3-6H2,1-2H3,(H,13,15). The van der Waals surface area contributed by atoms with Crippen LogP contribution in [0.2, 0.25) is 0 Å². The van der Waals surface area contributed by atoms with Crippen molar-refractivity contribution in [1.82, 2.24) is 10.2 Å². The molecule has 0 aliphatic carbocycles. The number of nitrogens with zero attached hydrogens (tertiary/aromatic N) is 1. The first-order chi connectivity index (χ1) is 8.08. The van der Waals surface area contributed by atoms with Crippen LogP contribution in [0.3, 0.4) is 0 Å². The van der Waals surface area contributed by atoms with Crippen molar-refractivity contribution >= 4 is 23.2 Å². The molecule has 1 aliphatic heterocycles. The van der Waals surface area contributed by atoms with E-state index in [1.807, 2.05) is 19.9 Å². The van der Waals surface area contributed by atoms with Crippen molar-refractivity contribution < 1.29 is 9.59 Å². The predicted molar refractivity (Wildman–Crippen MR) is 67.3 cm³/mol. The zero-order valence-corrected chi connectivity index (χ0v) is 10.9. The molecule has 0 bridgehead atoms. The van der Waals surface area contributed by atoms with Gasteiger partial charge in [-0.3, -0.25) is 9.59 Å². The summed E-state index contributed by atoms with van der Waals surface area (Å²) in [6, 6.07) is 1.93. The number of rotatable bonds is 1. The van der Waals surface area contributed by atoms with Crippen LogP contribution in [0.4, 0.5) is 0 Å². The van der Waals surface area contributed by atoms with Crippen LogP contribution in [0.1, 0.15) is 26.5 Å². The topological polar surface area (TPSA) is 49.4 Å². The quantitative estimate of drug-likeness (QED) is 0.819. The fraction of sp³-hybridized carbons (Fsp3) is 0.500. The van der Waals surface area contributed by atoms with E-state index in [4.69, 9.17) is 0 Å². The number of nitrogens with one attached hydrogen (secondary N) is 1. The van der Waals surface area contributed by atoms with Crippen LogP contribution in [0.25, 0.3) is 0 Å². The van der Waals surface area contributed by atoms with E-state index >= 15 is 0 Å². The molecule has 1 aliphatic rings. The molecule has 2 rings (SSSR count). The third kappa shape index (κ3) is 2.66. The van der Waals surface area contributed by atoms with Gasteiger partial charge in [-0.15, -0.1) is 11.3 Å². The van der Waals surface area contributed by atoms with E-state index in [1.165, 1.54) is 16.2 Å². The third-order valence-electron chi connectivity index (χ3n) is 2.98. The van der Waals surface area contributed by atoms with Gasteiger partial charge < -0.3 is 10.2 Å². The molecule has 0 saturated carbocycles. The molecule has 0 radical (unpaired) electrons. The van der Waals surface area contributed by atoms with Gasteiger partial charge in [0.05, 0.1) is 4.88 Å². The summed E-state index contributed by atoms with van der Waals surface area (Å²) < 4.78 is 0. The number of carbonyl (C=O) groups is 2. The van der Waals surface area contributed by atoms with Crippen molar-refractivity contribution in [2.24, 2.45) is 0 Å². The summed E-state index contributed by atoms with van der Waals surface area (Å²) in [6.07, 6.45) is 0.398. The van der Waals surface area contributed by atoms with Gasteiger partial charge in [0.25, 0.3) is 5.91 Å². The average molecular weight is 252 g/mol. The zero-order valence-electron chi connectivity index (χ0n) is 10.1. The summed E-state index contributed by atoms with van der Waals surface area (Å²) in [5.41, 5.74) is 1.15. The first-order valence-corrected chi connectivity index (χ1v) is 6.52. The second kappa shape index (κ2) is 4.87. The number of thiophene rings is 1. The summed E-state index contributed by atoms with van der Waals surface area (Å²) in [4.78, 5) is 27.1. The summed E-state index contributed by atoms with van der Waals surface area (Å²) >= 11 is 1.53. The molecule has 1 saturated heterocycles. The Morgan fingerprint density at radius 1 is 1.41 bits per heavy atom. The smallest absolute Gasteiger partial charge is 0.264 e. The number of carbonyl (C=O) groups excluding carboxylic acids is 2. The number of amides is 2. The first-order valence-electron chi connectivity index (χ1n) is 5.71. The van der Waals surface area contributed by atoms with E-state index in [9.17, 15) is 9.59 Å². The molecular formula is C12H16N2O2S. The highest BCUT2D eigenvalue weighted by Gasteiger charge is 2.21. The van der Waals surface area contributed by atoms with E-state index in [2.05, 4.69) is 5.32 Å². The average Bonchev–Trinajstić information content (AvgIpc) is 2.51. The molecule has 1 fully saturated rings. The highest BCUT2D eigenvalue weighted by Crippen LogP contribution is 2.22. The molecule has 2 heterocycles. The van der Waals surface area contributed by atoms with Crippen molar-refractivity contribution in [1.29, 1.82) is 0 Å². The lowest BCUT2D eigenvalue weighted by Crippen LogP contribution is -2.33. The Labute approximate surface area is 105 Å². The van der Waals surface area contributed by atoms with Gasteiger partial charge in [-0.05, 0) is 25.5 Å². The fourth-order valence-corrected chi connectivity index (χ4v) is 2.81. The minimum absolute atomic E-state index is 0.0267. The fourth-order valence-electron chi connectivity index (χ4n) is 1.80. The Morgan fingerprint density at radius 3 is 2.82 bits per heavy atom. The predicted octanol–water partition coefficient (Wildman–Crippen LogP) is 1.33. The summed E-state index contributed by atoms with van der Waals surface area (Å²) in [6.45, 7) is 5.69. The van der Waals surface area contributed by atoms with E-state index in [0.717, 1.165) is 10.4 Å². The molecule has 1 aromatic rings. The molecule has 92 valence electrons. The van der Waals surface area contributed by atoms with Crippen LogP contribution in [-0.4, -0.2) is 36.3 Å².